The van der Waals surface area contributed by atoms with Gasteiger partial charge in [0, 0.05) is 18.4 Å². The monoisotopic (exact) mass is 273 g/mol. The first-order valence-electron chi connectivity index (χ1n) is 5.20. The maximum Gasteiger partial charge on any atom is 0.123 e. The molecule has 3 heteroatoms. The normalized spacial score (nSPS) is 11.0. The van der Waals surface area contributed by atoms with E-state index in [0.717, 1.165) is 36.1 Å². The lowest BCUT2D eigenvalue weighted by molar-refractivity contribution is 0.298. The van der Waals surface area contributed by atoms with E-state index in [0.29, 0.717) is 0 Å². The van der Waals surface area contributed by atoms with Gasteiger partial charge in [0.15, 0.2) is 0 Å². The highest BCUT2D eigenvalue weighted by Crippen LogP contribution is 2.12. The summed E-state index contributed by atoms with van der Waals surface area (Å²) in [5, 5.41) is 0.954. The van der Waals surface area contributed by atoms with E-state index in [9.17, 15) is 4.39 Å². The summed E-state index contributed by atoms with van der Waals surface area (Å²) in [6.45, 7) is 6.95. The highest BCUT2D eigenvalue weighted by Gasteiger charge is 2.06. The highest BCUT2D eigenvalue weighted by molar-refractivity contribution is 9.09. The lowest BCUT2D eigenvalue weighted by atomic mass is 10.1. The summed E-state index contributed by atoms with van der Waals surface area (Å²) in [5.74, 6) is -0.148. The van der Waals surface area contributed by atoms with E-state index in [-0.39, 0.29) is 5.82 Å². The number of alkyl halides is 1. The van der Waals surface area contributed by atoms with Gasteiger partial charge in [-0.25, -0.2) is 4.39 Å². The third kappa shape index (κ3) is 3.92. The predicted octanol–water partition coefficient (Wildman–Crippen LogP) is 3.35. The molecule has 0 heterocycles. The molecular weight excluding hydrogens is 257 g/mol. The number of aryl methyl sites for hydroxylation is 1. The van der Waals surface area contributed by atoms with Gasteiger partial charge in [-0.05, 0) is 36.7 Å². The van der Waals surface area contributed by atoms with E-state index < -0.39 is 0 Å². The Kier molecular flexibility index (Phi) is 5.26. The van der Waals surface area contributed by atoms with E-state index in [2.05, 4.69) is 27.8 Å². The van der Waals surface area contributed by atoms with Crippen LogP contribution in [0, 0.1) is 12.7 Å². The quantitative estimate of drug-likeness (QED) is 0.744. The van der Waals surface area contributed by atoms with E-state index in [4.69, 9.17) is 0 Å². The van der Waals surface area contributed by atoms with Crippen molar-refractivity contribution in [3.8, 4) is 0 Å². The smallest absolute Gasteiger partial charge is 0.123 e. The van der Waals surface area contributed by atoms with Crippen LogP contribution in [0.2, 0.25) is 0 Å². The summed E-state index contributed by atoms with van der Waals surface area (Å²) in [4.78, 5) is 2.29. The molecule has 0 unspecified atom stereocenters. The number of nitrogens with zero attached hydrogens (tertiary/aromatic N) is 1. The molecule has 15 heavy (non-hydrogen) atoms. The molecule has 0 amide bonds. The zero-order valence-corrected chi connectivity index (χ0v) is 10.8. The molecule has 0 bridgehead atoms. The molecule has 0 atom stereocenters. The van der Waals surface area contributed by atoms with Crippen LogP contribution in [0.4, 0.5) is 4.39 Å². The maximum absolute atomic E-state index is 13.1. The average Bonchev–Trinajstić information content (AvgIpc) is 2.22. The highest BCUT2D eigenvalue weighted by atomic mass is 79.9. The van der Waals surface area contributed by atoms with Gasteiger partial charge in [-0.1, -0.05) is 28.9 Å². The second-order valence-electron chi connectivity index (χ2n) is 3.63. The van der Waals surface area contributed by atoms with Gasteiger partial charge >= 0.3 is 0 Å². The molecule has 84 valence electrons. The van der Waals surface area contributed by atoms with Crippen molar-refractivity contribution in [1.82, 2.24) is 4.90 Å². The summed E-state index contributed by atoms with van der Waals surface area (Å²) < 4.78 is 13.1. The van der Waals surface area contributed by atoms with Crippen molar-refractivity contribution < 1.29 is 4.39 Å². The Morgan fingerprint density at radius 3 is 2.73 bits per heavy atom. The second kappa shape index (κ2) is 6.23. The van der Waals surface area contributed by atoms with Crippen LogP contribution in [0.25, 0.3) is 0 Å². The van der Waals surface area contributed by atoms with Gasteiger partial charge in [-0.15, -0.1) is 0 Å². The number of hydrogen-bond donors (Lipinski definition) is 0. The molecule has 0 radical (unpaired) electrons. The van der Waals surface area contributed by atoms with Gasteiger partial charge in [0.05, 0.1) is 0 Å². The zero-order chi connectivity index (χ0) is 11.3. The van der Waals surface area contributed by atoms with Crippen LogP contribution in [0.15, 0.2) is 18.2 Å². The van der Waals surface area contributed by atoms with Crippen molar-refractivity contribution in [3.63, 3.8) is 0 Å². The number of rotatable bonds is 5. The molecule has 0 aromatic heterocycles. The fraction of sp³-hybridized carbons (Fsp3) is 0.500. The van der Waals surface area contributed by atoms with Crippen molar-refractivity contribution in [2.24, 2.45) is 0 Å². The molecule has 0 saturated heterocycles. The summed E-state index contributed by atoms with van der Waals surface area (Å²) in [7, 11) is 0. The van der Waals surface area contributed by atoms with Gasteiger partial charge in [0.2, 0.25) is 0 Å². The van der Waals surface area contributed by atoms with Gasteiger partial charge in [-0.3, -0.25) is 4.90 Å². The van der Waals surface area contributed by atoms with Crippen LogP contribution in [0.1, 0.15) is 18.1 Å². The lowest BCUT2D eigenvalue weighted by Crippen LogP contribution is -2.25. The minimum atomic E-state index is -0.148. The standard InChI is InChI=1S/C12H17BrFN/c1-3-15(7-6-13)9-11-8-12(14)5-4-10(11)2/h4-5,8H,3,6-7,9H2,1-2H3. The van der Waals surface area contributed by atoms with E-state index in [1.807, 2.05) is 13.0 Å². The Morgan fingerprint density at radius 2 is 2.13 bits per heavy atom. The molecule has 0 N–H and O–H groups in total. The van der Waals surface area contributed by atoms with Crippen LogP contribution in [0.5, 0.6) is 0 Å². The molecule has 0 spiro atoms. The molecule has 1 nitrogen and oxygen atoms in total. The molecule has 0 saturated carbocycles. The molecule has 0 fully saturated rings. The Balaban J connectivity index is 2.73. The van der Waals surface area contributed by atoms with Crippen molar-refractivity contribution >= 4 is 15.9 Å². The number of halogens is 2. The van der Waals surface area contributed by atoms with Crippen LogP contribution in [0.3, 0.4) is 0 Å². The van der Waals surface area contributed by atoms with Gasteiger partial charge < -0.3 is 0 Å². The van der Waals surface area contributed by atoms with Gasteiger partial charge in [0.25, 0.3) is 0 Å². The fourth-order valence-corrected chi connectivity index (χ4v) is 2.02. The number of hydrogen-bond acceptors (Lipinski definition) is 1. The van der Waals surface area contributed by atoms with Crippen molar-refractivity contribution in [1.29, 1.82) is 0 Å². The minimum Gasteiger partial charge on any atom is -0.299 e. The van der Waals surface area contributed by atoms with Crippen molar-refractivity contribution in [2.75, 3.05) is 18.4 Å². The molecule has 0 aliphatic heterocycles. The molecule has 1 aromatic carbocycles. The third-order valence-electron chi connectivity index (χ3n) is 2.55. The van der Waals surface area contributed by atoms with Gasteiger partial charge in [-0.2, -0.15) is 0 Å². The van der Waals surface area contributed by atoms with E-state index in [1.165, 1.54) is 6.07 Å². The molecule has 0 aliphatic rings. The first-order valence-corrected chi connectivity index (χ1v) is 6.33. The number of benzene rings is 1. The summed E-state index contributed by atoms with van der Waals surface area (Å²) in [6.07, 6.45) is 0. The Morgan fingerprint density at radius 1 is 1.40 bits per heavy atom. The molecular formula is C12H17BrFN. The fourth-order valence-electron chi connectivity index (χ4n) is 1.52. The third-order valence-corrected chi connectivity index (χ3v) is 2.91. The SMILES string of the molecule is CCN(CCBr)Cc1cc(F)ccc1C. The van der Waals surface area contributed by atoms with Crippen LogP contribution < -0.4 is 0 Å². The zero-order valence-electron chi connectivity index (χ0n) is 9.26. The maximum atomic E-state index is 13.1. The molecule has 0 aliphatic carbocycles. The molecule has 1 aromatic rings. The first-order chi connectivity index (χ1) is 7.17. The minimum absolute atomic E-state index is 0.148. The average molecular weight is 274 g/mol. The predicted molar refractivity (Wildman–Crippen MR) is 65.9 cm³/mol. The summed E-state index contributed by atoms with van der Waals surface area (Å²) in [5.41, 5.74) is 2.24. The Labute approximate surface area is 99.4 Å². The molecule has 1 rings (SSSR count). The van der Waals surface area contributed by atoms with Crippen LogP contribution in [-0.2, 0) is 6.54 Å². The topological polar surface area (TPSA) is 3.24 Å². The summed E-state index contributed by atoms with van der Waals surface area (Å²) >= 11 is 3.42. The van der Waals surface area contributed by atoms with E-state index >= 15 is 0 Å². The van der Waals surface area contributed by atoms with Crippen LogP contribution in [-0.4, -0.2) is 23.3 Å². The second-order valence-corrected chi connectivity index (χ2v) is 4.42. The largest absolute Gasteiger partial charge is 0.299 e. The Hall–Kier alpha value is -0.410. The Bertz CT molecular complexity index is 314. The lowest BCUT2D eigenvalue weighted by Gasteiger charge is -2.20. The van der Waals surface area contributed by atoms with Crippen LogP contribution >= 0.6 is 15.9 Å². The van der Waals surface area contributed by atoms with Crippen molar-refractivity contribution in [2.45, 2.75) is 20.4 Å². The van der Waals surface area contributed by atoms with Crippen molar-refractivity contribution in [3.05, 3.63) is 35.1 Å². The first kappa shape index (κ1) is 12.7. The van der Waals surface area contributed by atoms with E-state index in [1.54, 1.807) is 6.07 Å². The van der Waals surface area contributed by atoms with Gasteiger partial charge in [0.1, 0.15) is 5.82 Å². The summed E-state index contributed by atoms with van der Waals surface area (Å²) in [6, 6.07) is 4.98.